The summed E-state index contributed by atoms with van der Waals surface area (Å²) in [4.78, 5) is -0.378. The lowest BCUT2D eigenvalue weighted by Gasteiger charge is -2.15. The molecular formula is C16H18O6S. The van der Waals surface area contributed by atoms with E-state index in [1.807, 2.05) is 0 Å². The van der Waals surface area contributed by atoms with Gasteiger partial charge in [0.25, 0.3) is 0 Å². The van der Waals surface area contributed by atoms with Crippen molar-refractivity contribution in [2.75, 3.05) is 13.2 Å². The van der Waals surface area contributed by atoms with Gasteiger partial charge in [0.15, 0.2) is 23.0 Å². The van der Waals surface area contributed by atoms with Gasteiger partial charge in [-0.1, -0.05) is 12.1 Å². The first-order valence-corrected chi connectivity index (χ1v) is 8.56. The van der Waals surface area contributed by atoms with E-state index in [-0.39, 0.29) is 46.0 Å². The molecule has 0 radical (unpaired) electrons. The number of aromatic hydroxyl groups is 2. The highest BCUT2D eigenvalue weighted by Gasteiger charge is 2.28. The van der Waals surface area contributed by atoms with Gasteiger partial charge in [-0.25, -0.2) is 8.42 Å². The number of benzene rings is 2. The van der Waals surface area contributed by atoms with Crippen LogP contribution < -0.4 is 9.47 Å². The van der Waals surface area contributed by atoms with Crippen molar-refractivity contribution >= 4 is 9.84 Å². The van der Waals surface area contributed by atoms with Crippen molar-refractivity contribution in [2.45, 2.75) is 23.6 Å². The highest BCUT2D eigenvalue weighted by Crippen LogP contribution is 2.41. The van der Waals surface area contributed by atoms with Crippen molar-refractivity contribution in [3.05, 3.63) is 36.4 Å². The molecule has 23 heavy (non-hydrogen) atoms. The number of para-hydroxylation sites is 2. The molecule has 0 aliphatic rings. The zero-order valence-corrected chi connectivity index (χ0v) is 13.6. The summed E-state index contributed by atoms with van der Waals surface area (Å²) < 4.78 is 36.4. The van der Waals surface area contributed by atoms with Crippen molar-refractivity contribution in [2.24, 2.45) is 0 Å². The standard InChI is InChI=1S/C16H18O6S/c1-3-21-15-11(17)7-5-9-13(15)23(19,20)14-10-6-8-12(18)16(14)22-4-2/h5-10,17-18H,3-4H2,1-2H3. The molecule has 6 nitrogen and oxygen atoms in total. The van der Waals surface area contributed by atoms with E-state index < -0.39 is 9.84 Å². The average Bonchev–Trinajstić information content (AvgIpc) is 2.51. The number of phenolic OH excluding ortho intramolecular Hbond substituents is 2. The number of phenols is 2. The predicted octanol–water partition coefficient (Wildman–Crippen LogP) is 2.73. The summed E-state index contributed by atoms with van der Waals surface area (Å²) in [5.41, 5.74) is 0. The molecule has 0 bridgehead atoms. The van der Waals surface area contributed by atoms with Crippen LogP contribution in [0.1, 0.15) is 13.8 Å². The molecule has 0 spiro atoms. The molecule has 2 aromatic rings. The Balaban J connectivity index is 2.70. The van der Waals surface area contributed by atoms with Crippen molar-refractivity contribution in [3.8, 4) is 23.0 Å². The average molecular weight is 338 g/mol. The smallest absolute Gasteiger partial charge is 0.214 e. The Hall–Kier alpha value is -2.41. The van der Waals surface area contributed by atoms with Gasteiger partial charge < -0.3 is 19.7 Å². The molecule has 124 valence electrons. The van der Waals surface area contributed by atoms with E-state index in [9.17, 15) is 18.6 Å². The summed E-state index contributed by atoms with van der Waals surface area (Å²) in [7, 11) is -4.06. The van der Waals surface area contributed by atoms with Gasteiger partial charge in [0.05, 0.1) is 13.2 Å². The maximum atomic E-state index is 12.9. The molecule has 0 atom stereocenters. The molecular weight excluding hydrogens is 320 g/mol. The Bertz CT molecular complexity index is 737. The second-order valence-electron chi connectivity index (χ2n) is 4.58. The van der Waals surface area contributed by atoms with Gasteiger partial charge in [0.2, 0.25) is 9.84 Å². The van der Waals surface area contributed by atoms with Crippen molar-refractivity contribution < 1.29 is 28.1 Å². The van der Waals surface area contributed by atoms with Crippen molar-refractivity contribution in [1.29, 1.82) is 0 Å². The van der Waals surface area contributed by atoms with E-state index in [1.165, 1.54) is 36.4 Å². The van der Waals surface area contributed by atoms with Gasteiger partial charge in [0.1, 0.15) is 9.79 Å². The molecule has 0 unspecified atom stereocenters. The minimum Gasteiger partial charge on any atom is -0.504 e. The number of ether oxygens (including phenoxy) is 2. The number of hydrogen-bond donors (Lipinski definition) is 2. The molecule has 0 amide bonds. The van der Waals surface area contributed by atoms with E-state index >= 15 is 0 Å². The SMILES string of the molecule is CCOc1c(O)cccc1S(=O)(=O)c1cccc(O)c1OCC. The molecule has 0 saturated heterocycles. The van der Waals surface area contributed by atoms with E-state index in [4.69, 9.17) is 9.47 Å². The lowest BCUT2D eigenvalue weighted by Crippen LogP contribution is -2.08. The molecule has 0 saturated carbocycles. The molecule has 2 rings (SSSR count). The van der Waals surface area contributed by atoms with Gasteiger partial charge in [-0.2, -0.15) is 0 Å². The van der Waals surface area contributed by atoms with Gasteiger partial charge in [-0.3, -0.25) is 0 Å². The summed E-state index contributed by atoms with van der Waals surface area (Å²) in [6.45, 7) is 3.75. The van der Waals surface area contributed by atoms with Crippen LogP contribution in [0.5, 0.6) is 23.0 Å². The van der Waals surface area contributed by atoms with Crippen LogP contribution in [0, 0.1) is 0 Å². The molecule has 2 N–H and O–H groups in total. The van der Waals surface area contributed by atoms with Crippen molar-refractivity contribution in [3.63, 3.8) is 0 Å². The Morgan fingerprint density at radius 1 is 0.826 bits per heavy atom. The quantitative estimate of drug-likeness (QED) is 0.841. The third kappa shape index (κ3) is 3.19. The van der Waals surface area contributed by atoms with Crippen LogP contribution in [0.15, 0.2) is 46.2 Å². The predicted molar refractivity (Wildman–Crippen MR) is 84.0 cm³/mol. The highest BCUT2D eigenvalue weighted by molar-refractivity contribution is 7.91. The fourth-order valence-electron chi connectivity index (χ4n) is 2.13. The maximum absolute atomic E-state index is 12.9. The maximum Gasteiger partial charge on any atom is 0.214 e. The number of rotatable bonds is 6. The highest BCUT2D eigenvalue weighted by atomic mass is 32.2. The third-order valence-corrected chi connectivity index (χ3v) is 4.87. The third-order valence-electron chi connectivity index (χ3n) is 3.07. The Morgan fingerprint density at radius 2 is 1.22 bits per heavy atom. The summed E-state index contributed by atoms with van der Waals surface area (Å²) in [6.07, 6.45) is 0. The monoisotopic (exact) mass is 338 g/mol. The first kappa shape index (κ1) is 17.0. The summed E-state index contributed by atoms with van der Waals surface area (Å²) in [5.74, 6) is -0.793. The van der Waals surface area contributed by atoms with E-state index in [0.29, 0.717) is 0 Å². The van der Waals surface area contributed by atoms with E-state index in [1.54, 1.807) is 13.8 Å². The Morgan fingerprint density at radius 3 is 1.57 bits per heavy atom. The summed E-state index contributed by atoms with van der Waals surface area (Å²) in [5, 5.41) is 19.8. The second-order valence-corrected chi connectivity index (χ2v) is 6.46. The summed E-state index contributed by atoms with van der Waals surface area (Å²) >= 11 is 0. The molecule has 0 aliphatic heterocycles. The van der Waals surface area contributed by atoms with Gasteiger partial charge >= 0.3 is 0 Å². The van der Waals surface area contributed by atoms with Crippen LogP contribution in [-0.2, 0) is 9.84 Å². The first-order valence-electron chi connectivity index (χ1n) is 7.08. The lowest BCUT2D eigenvalue weighted by atomic mass is 10.3. The molecule has 7 heteroatoms. The normalized spacial score (nSPS) is 11.2. The minimum absolute atomic E-state index is 0.124. The largest absolute Gasteiger partial charge is 0.504 e. The second kappa shape index (κ2) is 6.78. The zero-order valence-electron chi connectivity index (χ0n) is 12.8. The van der Waals surface area contributed by atoms with Crippen molar-refractivity contribution in [1.82, 2.24) is 0 Å². The van der Waals surface area contributed by atoms with Crippen LogP contribution in [0.3, 0.4) is 0 Å². The van der Waals surface area contributed by atoms with Crippen LogP contribution in [0.4, 0.5) is 0 Å². The van der Waals surface area contributed by atoms with Crippen LogP contribution in [0.2, 0.25) is 0 Å². The fraction of sp³-hybridized carbons (Fsp3) is 0.250. The van der Waals surface area contributed by atoms with Crippen LogP contribution in [-0.4, -0.2) is 31.8 Å². The number of hydrogen-bond acceptors (Lipinski definition) is 6. The lowest BCUT2D eigenvalue weighted by molar-refractivity contribution is 0.306. The van der Waals surface area contributed by atoms with Crippen LogP contribution in [0.25, 0.3) is 0 Å². The molecule has 2 aromatic carbocycles. The topological polar surface area (TPSA) is 93.1 Å². The van der Waals surface area contributed by atoms with E-state index in [0.717, 1.165) is 0 Å². The van der Waals surface area contributed by atoms with Crippen LogP contribution >= 0.6 is 0 Å². The Labute approximate surface area is 134 Å². The molecule has 0 fully saturated rings. The van der Waals surface area contributed by atoms with Gasteiger partial charge in [-0.05, 0) is 38.1 Å². The number of sulfone groups is 1. The molecule has 0 aromatic heterocycles. The van der Waals surface area contributed by atoms with E-state index in [2.05, 4.69) is 0 Å². The minimum atomic E-state index is -4.06. The fourth-order valence-corrected chi connectivity index (χ4v) is 3.70. The summed E-state index contributed by atoms with van der Waals surface area (Å²) in [6, 6.07) is 8.17. The molecule has 0 heterocycles. The van der Waals surface area contributed by atoms with Gasteiger partial charge in [0, 0.05) is 0 Å². The molecule has 0 aliphatic carbocycles. The first-order chi connectivity index (χ1) is 10.9. The Kier molecular flexibility index (Phi) is 5.00. The van der Waals surface area contributed by atoms with Gasteiger partial charge in [-0.15, -0.1) is 0 Å². The zero-order chi connectivity index (χ0) is 17.0.